The van der Waals surface area contributed by atoms with Crippen LogP contribution in [0.3, 0.4) is 0 Å². The van der Waals surface area contributed by atoms with E-state index in [1.807, 2.05) is 0 Å². The van der Waals surface area contributed by atoms with Crippen molar-refractivity contribution >= 4 is 0 Å². The molecule has 0 aromatic carbocycles. The van der Waals surface area contributed by atoms with E-state index in [4.69, 9.17) is 0 Å². The topological polar surface area (TPSA) is 15.3 Å². The molecule has 1 unspecified atom stereocenters. The van der Waals surface area contributed by atoms with Crippen LogP contribution in [0.2, 0.25) is 0 Å². The van der Waals surface area contributed by atoms with Gasteiger partial charge in [0.25, 0.3) is 0 Å². The van der Waals surface area contributed by atoms with Crippen LogP contribution in [0.1, 0.15) is 47.0 Å². The van der Waals surface area contributed by atoms with E-state index in [1.54, 1.807) is 0 Å². The zero-order chi connectivity index (χ0) is 10.8. The molecule has 0 heterocycles. The summed E-state index contributed by atoms with van der Waals surface area (Å²) < 4.78 is 0. The van der Waals surface area contributed by atoms with Crippen LogP contribution in [-0.2, 0) is 0 Å². The van der Waals surface area contributed by atoms with Gasteiger partial charge in [-0.25, -0.2) is 0 Å². The van der Waals surface area contributed by atoms with Crippen molar-refractivity contribution < 1.29 is 0 Å². The Morgan fingerprint density at radius 2 is 1.86 bits per heavy atom. The highest BCUT2D eigenvalue weighted by Gasteiger charge is 2.04. The Morgan fingerprint density at radius 1 is 1.14 bits per heavy atom. The predicted molar refractivity (Wildman–Crippen MR) is 64.8 cm³/mol. The fraction of sp³-hybridized carbons (Fsp3) is 1.00. The van der Waals surface area contributed by atoms with Gasteiger partial charge in [0.1, 0.15) is 0 Å². The lowest BCUT2D eigenvalue weighted by Gasteiger charge is -2.22. The lowest BCUT2D eigenvalue weighted by atomic mass is 10.2. The summed E-state index contributed by atoms with van der Waals surface area (Å²) >= 11 is 0. The van der Waals surface area contributed by atoms with E-state index in [0.29, 0.717) is 6.04 Å². The van der Waals surface area contributed by atoms with E-state index < -0.39 is 0 Å². The Kier molecular flexibility index (Phi) is 9.42. The van der Waals surface area contributed by atoms with Gasteiger partial charge in [0, 0.05) is 6.04 Å². The molecule has 0 radical (unpaired) electrons. The van der Waals surface area contributed by atoms with Crippen molar-refractivity contribution in [3.63, 3.8) is 0 Å². The molecular formula is C12H28N2. The van der Waals surface area contributed by atoms with Crippen molar-refractivity contribution in [3.8, 4) is 0 Å². The average Bonchev–Trinajstić information content (AvgIpc) is 2.19. The molecule has 0 saturated heterocycles. The number of nitrogens with one attached hydrogen (secondary N) is 1. The van der Waals surface area contributed by atoms with Gasteiger partial charge < -0.3 is 10.2 Å². The van der Waals surface area contributed by atoms with E-state index in [1.165, 1.54) is 38.9 Å². The summed E-state index contributed by atoms with van der Waals surface area (Å²) in [6, 6.07) is 0.663. The molecular weight excluding hydrogens is 172 g/mol. The van der Waals surface area contributed by atoms with Crippen molar-refractivity contribution in [1.82, 2.24) is 10.2 Å². The smallest absolute Gasteiger partial charge is 0.00507 e. The molecule has 0 bridgehead atoms. The minimum atomic E-state index is 0.663. The Hall–Kier alpha value is -0.0800. The Morgan fingerprint density at radius 3 is 2.36 bits per heavy atom. The van der Waals surface area contributed by atoms with Gasteiger partial charge in [-0.05, 0) is 45.9 Å². The van der Waals surface area contributed by atoms with Crippen molar-refractivity contribution in [2.45, 2.75) is 53.0 Å². The second-order valence-corrected chi connectivity index (χ2v) is 4.04. The minimum Gasteiger partial charge on any atom is -0.314 e. The van der Waals surface area contributed by atoms with E-state index in [9.17, 15) is 0 Å². The van der Waals surface area contributed by atoms with Crippen LogP contribution in [0.15, 0.2) is 0 Å². The molecule has 86 valence electrons. The molecule has 0 aromatic rings. The monoisotopic (exact) mass is 200 g/mol. The van der Waals surface area contributed by atoms with Crippen LogP contribution in [0, 0.1) is 0 Å². The zero-order valence-corrected chi connectivity index (χ0v) is 10.5. The van der Waals surface area contributed by atoms with E-state index in [0.717, 1.165) is 6.54 Å². The molecule has 14 heavy (non-hydrogen) atoms. The average molecular weight is 200 g/mol. The van der Waals surface area contributed by atoms with Gasteiger partial charge in [-0.3, -0.25) is 0 Å². The third-order valence-corrected chi connectivity index (χ3v) is 2.71. The van der Waals surface area contributed by atoms with Crippen molar-refractivity contribution in [2.24, 2.45) is 0 Å². The number of unbranched alkanes of at least 4 members (excludes halogenated alkanes) is 1. The second-order valence-electron chi connectivity index (χ2n) is 4.04. The summed E-state index contributed by atoms with van der Waals surface area (Å²) in [5.74, 6) is 0. The Bertz CT molecular complexity index is 115. The first-order valence-electron chi connectivity index (χ1n) is 6.20. The largest absolute Gasteiger partial charge is 0.314 e. The summed E-state index contributed by atoms with van der Waals surface area (Å²) in [6.45, 7) is 13.8. The van der Waals surface area contributed by atoms with E-state index in [-0.39, 0.29) is 0 Å². The van der Waals surface area contributed by atoms with Gasteiger partial charge in [-0.1, -0.05) is 27.2 Å². The lowest BCUT2D eigenvalue weighted by molar-refractivity contribution is 0.268. The summed E-state index contributed by atoms with van der Waals surface area (Å²) in [7, 11) is 0. The molecule has 0 fully saturated rings. The van der Waals surface area contributed by atoms with Crippen LogP contribution in [0.4, 0.5) is 0 Å². The summed E-state index contributed by atoms with van der Waals surface area (Å²) in [4.78, 5) is 2.55. The maximum Gasteiger partial charge on any atom is 0.00507 e. The minimum absolute atomic E-state index is 0.663. The number of hydrogen-bond donors (Lipinski definition) is 1. The van der Waals surface area contributed by atoms with E-state index in [2.05, 4.69) is 37.9 Å². The number of hydrogen-bond acceptors (Lipinski definition) is 2. The molecule has 0 aliphatic carbocycles. The van der Waals surface area contributed by atoms with Crippen LogP contribution >= 0.6 is 0 Å². The highest BCUT2D eigenvalue weighted by Crippen LogP contribution is 1.99. The summed E-state index contributed by atoms with van der Waals surface area (Å²) in [5, 5.41) is 3.45. The van der Waals surface area contributed by atoms with Gasteiger partial charge >= 0.3 is 0 Å². The molecule has 0 spiro atoms. The van der Waals surface area contributed by atoms with Gasteiger partial charge in [0.05, 0.1) is 0 Å². The maximum absolute atomic E-state index is 3.45. The predicted octanol–water partition coefficient (Wildman–Crippen LogP) is 2.50. The van der Waals surface area contributed by atoms with Crippen molar-refractivity contribution in [3.05, 3.63) is 0 Å². The first-order chi connectivity index (χ1) is 6.74. The molecule has 2 heteroatoms. The van der Waals surface area contributed by atoms with Gasteiger partial charge in [0.15, 0.2) is 0 Å². The van der Waals surface area contributed by atoms with Crippen molar-refractivity contribution in [2.75, 3.05) is 26.2 Å². The highest BCUT2D eigenvalue weighted by atomic mass is 15.1. The third kappa shape index (κ3) is 7.34. The Labute approximate surface area is 90.1 Å². The first kappa shape index (κ1) is 13.9. The maximum atomic E-state index is 3.45. The first-order valence-corrected chi connectivity index (χ1v) is 6.20. The Balaban J connectivity index is 3.50. The van der Waals surface area contributed by atoms with Crippen LogP contribution in [-0.4, -0.2) is 37.1 Å². The fourth-order valence-electron chi connectivity index (χ4n) is 1.64. The number of nitrogens with zero attached hydrogens (tertiary/aromatic N) is 1. The van der Waals surface area contributed by atoms with Crippen LogP contribution in [0.25, 0.3) is 0 Å². The molecule has 0 aliphatic heterocycles. The zero-order valence-electron chi connectivity index (χ0n) is 10.5. The molecule has 0 rings (SSSR count). The van der Waals surface area contributed by atoms with Crippen molar-refractivity contribution in [1.29, 1.82) is 0 Å². The van der Waals surface area contributed by atoms with Gasteiger partial charge in [-0.15, -0.1) is 0 Å². The highest BCUT2D eigenvalue weighted by molar-refractivity contribution is 4.63. The van der Waals surface area contributed by atoms with Gasteiger partial charge in [0.2, 0.25) is 0 Å². The molecule has 2 nitrogen and oxygen atoms in total. The third-order valence-electron chi connectivity index (χ3n) is 2.71. The lowest BCUT2D eigenvalue weighted by Crippen LogP contribution is -2.32. The standard InChI is InChI=1S/C12H28N2/c1-5-8-10-14(7-3)11-9-12(4)13-6-2/h12-13H,5-11H2,1-4H3. The van der Waals surface area contributed by atoms with Gasteiger partial charge in [-0.2, -0.15) is 0 Å². The van der Waals surface area contributed by atoms with E-state index >= 15 is 0 Å². The SMILES string of the molecule is CCCCN(CC)CCC(C)NCC. The second kappa shape index (κ2) is 9.47. The molecule has 0 amide bonds. The summed E-state index contributed by atoms with van der Waals surface area (Å²) in [5.41, 5.74) is 0. The summed E-state index contributed by atoms with van der Waals surface area (Å²) in [6.07, 6.45) is 3.91. The molecule has 1 N–H and O–H groups in total. The van der Waals surface area contributed by atoms with Crippen LogP contribution in [0.5, 0.6) is 0 Å². The normalized spacial score (nSPS) is 13.5. The van der Waals surface area contributed by atoms with Crippen LogP contribution < -0.4 is 5.32 Å². The quantitative estimate of drug-likeness (QED) is 0.615. The molecule has 0 saturated carbocycles. The molecule has 0 aromatic heterocycles. The molecule has 0 aliphatic rings. The number of rotatable bonds is 9. The fourth-order valence-corrected chi connectivity index (χ4v) is 1.64. The molecule has 1 atom stereocenters.